The molecule has 0 heterocycles. The molecule has 1 N–H and O–H groups in total. The fourth-order valence-electron chi connectivity index (χ4n) is 1.07. The first-order valence-corrected chi connectivity index (χ1v) is 4.29. The van der Waals surface area contributed by atoms with Crippen LogP contribution < -0.4 is 0 Å². The molecule has 0 aliphatic rings. The summed E-state index contributed by atoms with van der Waals surface area (Å²) in [5.41, 5.74) is 1.23. The quantitative estimate of drug-likeness (QED) is 0.551. The Hall–Kier alpha value is -0.960. The van der Waals surface area contributed by atoms with Gasteiger partial charge in [0, 0.05) is 0 Å². The number of hydrogen-bond donors (Lipinski definition) is 2. The van der Waals surface area contributed by atoms with Gasteiger partial charge in [0.1, 0.15) is 5.75 Å². The maximum Gasteiger partial charge on any atom is 0.154 e. The first-order valence-electron chi connectivity index (χ1n) is 3.66. The number of benzene rings is 1. The van der Waals surface area contributed by atoms with E-state index in [0.29, 0.717) is 24.0 Å². The zero-order valence-electron chi connectivity index (χ0n) is 6.53. The van der Waals surface area contributed by atoms with E-state index in [2.05, 4.69) is 12.6 Å². The summed E-state index contributed by atoms with van der Waals surface area (Å²) in [7, 11) is 0. The Labute approximate surface area is 76.6 Å². The third kappa shape index (κ3) is 1.80. The van der Waals surface area contributed by atoms with Gasteiger partial charge in [0.05, 0.1) is 5.56 Å². The summed E-state index contributed by atoms with van der Waals surface area (Å²) in [5, 5.41) is 9.26. The lowest BCUT2D eigenvalue weighted by molar-refractivity contribution is 0.112. The van der Waals surface area contributed by atoms with E-state index in [0.717, 1.165) is 5.56 Å². The van der Waals surface area contributed by atoms with Crippen LogP contribution >= 0.6 is 12.6 Å². The van der Waals surface area contributed by atoms with Crippen molar-refractivity contribution >= 4 is 18.9 Å². The fourth-order valence-corrected chi connectivity index (χ4v) is 1.31. The highest BCUT2D eigenvalue weighted by molar-refractivity contribution is 7.80. The average molecular weight is 182 g/mol. The Kier molecular flexibility index (Phi) is 3.17. The second-order valence-electron chi connectivity index (χ2n) is 2.44. The van der Waals surface area contributed by atoms with Crippen molar-refractivity contribution in [2.24, 2.45) is 0 Å². The number of carbonyl (C=O) groups is 1. The van der Waals surface area contributed by atoms with Gasteiger partial charge in [-0.15, -0.1) is 0 Å². The van der Waals surface area contributed by atoms with E-state index in [-0.39, 0.29) is 5.75 Å². The van der Waals surface area contributed by atoms with Crippen molar-refractivity contribution in [3.63, 3.8) is 0 Å². The first kappa shape index (κ1) is 9.13. The number of thiol groups is 1. The van der Waals surface area contributed by atoms with Gasteiger partial charge in [0.25, 0.3) is 0 Å². The lowest BCUT2D eigenvalue weighted by Gasteiger charge is -2.03. The Bertz CT molecular complexity index is 284. The fraction of sp³-hybridized carbons (Fsp3) is 0.222. The Morgan fingerprint density at radius 3 is 2.83 bits per heavy atom. The summed E-state index contributed by atoms with van der Waals surface area (Å²) in [6.07, 6.45) is 1.37. The number of aryl methyl sites for hydroxylation is 1. The van der Waals surface area contributed by atoms with Crippen LogP contribution in [0.15, 0.2) is 18.2 Å². The number of aldehydes is 1. The maximum atomic E-state index is 10.5. The van der Waals surface area contributed by atoms with Gasteiger partial charge < -0.3 is 5.11 Å². The summed E-state index contributed by atoms with van der Waals surface area (Å²) in [5.74, 6) is 0.717. The van der Waals surface area contributed by atoms with E-state index >= 15 is 0 Å². The maximum absolute atomic E-state index is 10.5. The number of aromatic hydroxyl groups is 1. The Balaban J connectivity index is 3.09. The molecule has 0 aromatic heterocycles. The van der Waals surface area contributed by atoms with Gasteiger partial charge in [-0.2, -0.15) is 12.6 Å². The molecule has 0 atom stereocenters. The minimum absolute atomic E-state index is 0.0456. The average Bonchev–Trinajstić information content (AvgIpc) is 2.05. The lowest BCUT2D eigenvalue weighted by Crippen LogP contribution is -1.93. The van der Waals surface area contributed by atoms with Gasteiger partial charge >= 0.3 is 0 Å². The smallest absolute Gasteiger partial charge is 0.154 e. The van der Waals surface area contributed by atoms with Crippen LogP contribution in [-0.4, -0.2) is 17.1 Å². The topological polar surface area (TPSA) is 37.3 Å². The highest BCUT2D eigenvalue weighted by Crippen LogP contribution is 2.19. The molecule has 0 radical (unpaired) electrons. The molecule has 0 fully saturated rings. The molecule has 3 heteroatoms. The molecule has 0 saturated heterocycles. The predicted molar refractivity (Wildman–Crippen MR) is 51.1 cm³/mol. The molecule has 0 spiro atoms. The third-order valence-electron chi connectivity index (χ3n) is 1.67. The molecule has 0 unspecified atom stereocenters. The number of rotatable bonds is 3. The van der Waals surface area contributed by atoms with Crippen LogP contribution in [0, 0.1) is 0 Å². The van der Waals surface area contributed by atoms with E-state index in [9.17, 15) is 9.90 Å². The molecule has 0 aliphatic carbocycles. The van der Waals surface area contributed by atoms with E-state index in [4.69, 9.17) is 0 Å². The number of hydrogen-bond acceptors (Lipinski definition) is 3. The van der Waals surface area contributed by atoms with Gasteiger partial charge in [-0.05, 0) is 23.8 Å². The lowest BCUT2D eigenvalue weighted by atomic mass is 10.1. The summed E-state index contributed by atoms with van der Waals surface area (Å²) in [6.45, 7) is 0. The Morgan fingerprint density at radius 2 is 2.25 bits per heavy atom. The largest absolute Gasteiger partial charge is 0.507 e. The molecule has 1 aromatic rings. The molecule has 0 aliphatic heterocycles. The second kappa shape index (κ2) is 4.16. The normalized spacial score (nSPS) is 9.75. The molecule has 0 saturated carbocycles. The molecule has 1 aromatic carbocycles. The zero-order valence-corrected chi connectivity index (χ0v) is 7.42. The predicted octanol–water partition coefficient (Wildman–Crippen LogP) is 1.68. The van der Waals surface area contributed by atoms with Crippen molar-refractivity contribution in [3.05, 3.63) is 29.3 Å². The summed E-state index contributed by atoms with van der Waals surface area (Å²) >= 11 is 4.05. The third-order valence-corrected chi connectivity index (χ3v) is 1.90. The van der Waals surface area contributed by atoms with Crippen molar-refractivity contribution in [2.45, 2.75) is 6.42 Å². The van der Waals surface area contributed by atoms with Gasteiger partial charge in [-0.3, -0.25) is 4.79 Å². The van der Waals surface area contributed by atoms with E-state index in [1.165, 1.54) is 6.07 Å². The molecule has 0 bridgehead atoms. The minimum atomic E-state index is 0.0456. The summed E-state index contributed by atoms with van der Waals surface area (Å²) < 4.78 is 0. The van der Waals surface area contributed by atoms with E-state index < -0.39 is 0 Å². The standard InChI is InChI=1S/C9H10O2S/c10-6-8-7(4-5-12)2-1-3-9(8)11/h1-3,6,11-12H,4-5H2. The van der Waals surface area contributed by atoms with Crippen LogP contribution in [0.3, 0.4) is 0 Å². The monoisotopic (exact) mass is 182 g/mol. The molecule has 1 rings (SSSR count). The molecule has 2 nitrogen and oxygen atoms in total. The summed E-state index contributed by atoms with van der Waals surface area (Å²) in [4.78, 5) is 10.5. The van der Waals surface area contributed by atoms with Gasteiger partial charge in [-0.1, -0.05) is 12.1 Å². The van der Waals surface area contributed by atoms with Gasteiger partial charge in [0.2, 0.25) is 0 Å². The first-order chi connectivity index (χ1) is 5.79. The van der Waals surface area contributed by atoms with Crippen LogP contribution in [0.1, 0.15) is 15.9 Å². The van der Waals surface area contributed by atoms with Crippen molar-refractivity contribution in [2.75, 3.05) is 5.75 Å². The highest BCUT2D eigenvalue weighted by Gasteiger charge is 2.04. The number of phenolic OH excluding ortho intramolecular Hbond substituents is 1. The van der Waals surface area contributed by atoms with Crippen LogP contribution in [0.4, 0.5) is 0 Å². The van der Waals surface area contributed by atoms with Crippen LogP contribution in [0.25, 0.3) is 0 Å². The highest BCUT2D eigenvalue weighted by atomic mass is 32.1. The van der Waals surface area contributed by atoms with Crippen LogP contribution in [-0.2, 0) is 6.42 Å². The number of phenols is 1. The SMILES string of the molecule is O=Cc1c(O)cccc1CCS. The van der Waals surface area contributed by atoms with Crippen molar-refractivity contribution in [1.82, 2.24) is 0 Å². The van der Waals surface area contributed by atoms with Crippen molar-refractivity contribution in [1.29, 1.82) is 0 Å². The van der Waals surface area contributed by atoms with Crippen LogP contribution in [0.2, 0.25) is 0 Å². The van der Waals surface area contributed by atoms with E-state index in [1.807, 2.05) is 6.07 Å². The van der Waals surface area contributed by atoms with Gasteiger partial charge in [0.15, 0.2) is 6.29 Å². The summed E-state index contributed by atoms with van der Waals surface area (Å²) in [6, 6.07) is 5.05. The Morgan fingerprint density at radius 1 is 1.50 bits per heavy atom. The molecule has 0 amide bonds. The zero-order chi connectivity index (χ0) is 8.97. The van der Waals surface area contributed by atoms with Gasteiger partial charge in [-0.25, -0.2) is 0 Å². The van der Waals surface area contributed by atoms with E-state index in [1.54, 1.807) is 6.07 Å². The molecular weight excluding hydrogens is 172 g/mol. The van der Waals surface area contributed by atoms with Crippen molar-refractivity contribution < 1.29 is 9.90 Å². The molecular formula is C9H10O2S. The van der Waals surface area contributed by atoms with Crippen molar-refractivity contribution in [3.8, 4) is 5.75 Å². The second-order valence-corrected chi connectivity index (χ2v) is 2.89. The van der Waals surface area contributed by atoms with Crippen LogP contribution in [0.5, 0.6) is 5.75 Å². The minimum Gasteiger partial charge on any atom is -0.507 e. The molecule has 12 heavy (non-hydrogen) atoms. The number of carbonyl (C=O) groups excluding carboxylic acids is 1. The molecule has 64 valence electrons.